The summed E-state index contributed by atoms with van der Waals surface area (Å²) >= 11 is 31.1. The number of pyridine rings is 2. The molecule has 0 saturated carbocycles. The summed E-state index contributed by atoms with van der Waals surface area (Å²) in [7, 11) is 0. The number of nitro groups is 2. The Labute approximate surface area is 233 Å². The van der Waals surface area contributed by atoms with Crippen LogP contribution < -0.4 is 11.1 Å². The van der Waals surface area contributed by atoms with Crippen molar-refractivity contribution in [2.24, 2.45) is 0 Å². The molecule has 0 aliphatic rings. The van der Waals surface area contributed by atoms with E-state index in [0.29, 0.717) is 20.9 Å². The van der Waals surface area contributed by atoms with Gasteiger partial charge in [0.2, 0.25) is 5.75 Å². The molecule has 0 saturated heterocycles. The average Bonchev–Trinajstić information content (AvgIpc) is 2.74. The summed E-state index contributed by atoms with van der Waals surface area (Å²) in [6.45, 7) is 0. The Bertz CT molecular complexity index is 1580. The van der Waals surface area contributed by atoms with Crippen molar-refractivity contribution < 1.29 is 19.5 Å². The number of hydrogen-bond acceptors (Lipinski definition) is 8. The molecule has 37 heavy (non-hydrogen) atoms. The second-order valence-electron chi connectivity index (χ2n) is 6.56. The number of nitrogens with one attached hydrogen (secondary N) is 2. The lowest BCUT2D eigenvalue weighted by molar-refractivity contribution is -0.387. The molecule has 0 radical (unpaired) electrons. The third kappa shape index (κ3) is 8.21. The Hall–Kier alpha value is -2.57. The summed E-state index contributed by atoms with van der Waals surface area (Å²) in [5, 5.41) is 28.6. The highest BCUT2D eigenvalue weighted by atomic mass is 36.0. The van der Waals surface area contributed by atoms with Crippen LogP contribution in [0, 0.1) is 20.2 Å². The highest BCUT2D eigenvalue weighted by molar-refractivity contribution is 8.24. The molecule has 0 bridgehead atoms. The van der Waals surface area contributed by atoms with Crippen molar-refractivity contribution >= 4 is 107 Å². The summed E-state index contributed by atoms with van der Waals surface area (Å²) in [6, 6.07) is 8.86. The van der Waals surface area contributed by atoms with Crippen molar-refractivity contribution in [3.05, 3.63) is 92.4 Å². The minimum Gasteiger partial charge on any atom is -0.501 e. The summed E-state index contributed by atoms with van der Waals surface area (Å²) < 4.78 is 9.51. The van der Waals surface area contributed by atoms with Crippen molar-refractivity contribution in [2.45, 2.75) is 0 Å². The third-order valence-electron chi connectivity index (χ3n) is 4.18. The van der Waals surface area contributed by atoms with E-state index in [1.54, 1.807) is 6.07 Å². The molecule has 0 amide bonds. The van der Waals surface area contributed by atoms with E-state index in [4.69, 9.17) is 34.8 Å². The first kappa shape index (κ1) is 30.7. The molecule has 0 atom stereocenters. The predicted molar refractivity (Wildman–Crippen MR) is 144 cm³/mol. The van der Waals surface area contributed by atoms with E-state index in [9.17, 15) is 39.5 Å². The monoisotopic (exact) mass is 650 g/mol. The summed E-state index contributed by atoms with van der Waals surface area (Å²) in [4.78, 5) is 46.8. The zero-order valence-electron chi connectivity index (χ0n) is 17.4. The standard InChI is InChI=1S/C9H4Cl2N2O3.C9H5ClN2O4.Cl3OP/c10-4-1-2-6-5(3-4)7(11)8(13(15)16)9(14)12-6;10-4-1-2-6-5(3-4)8(13)7(12(15)16)9(14)11-6;1-5(2,3)4/h1-3H,(H,12,14);1-3H,(H2,11,13,14);. The van der Waals surface area contributed by atoms with E-state index in [-0.39, 0.29) is 15.9 Å². The third-order valence-corrected chi connectivity index (χ3v) is 5.03. The first-order valence-electron chi connectivity index (χ1n) is 9.04. The van der Waals surface area contributed by atoms with E-state index >= 15 is 0 Å². The van der Waals surface area contributed by atoms with Crippen LogP contribution in [0.4, 0.5) is 11.4 Å². The number of aromatic nitrogens is 2. The first-order chi connectivity index (χ1) is 17.0. The second kappa shape index (κ2) is 12.3. The first-order valence-corrected chi connectivity index (χ1v) is 14.6. The highest BCUT2D eigenvalue weighted by Crippen LogP contribution is 2.61. The van der Waals surface area contributed by atoms with Crippen LogP contribution in [0.5, 0.6) is 5.75 Å². The van der Waals surface area contributed by atoms with Crippen molar-refractivity contribution in [2.75, 3.05) is 0 Å². The van der Waals surface area contributed by atoms with Gasteiger partial charge in [-0.1, -0.05) is 34.8 Å². The minimum absolute atomic E-state index is 0.138. The largest absolute Gasteiger partial charge is 0.501 e. The number of benzene rings is 2. The second-order valence-corrected chi connectivity index (χ2v) is 14.5. The fourth-order valence-electron chi connectivity index (χ4n) is 2.79. The maximum absolute atomic E-state index is 11.4. The molecule has 19 heteroatoms. The molecule has 0 fully saturated rings. The molecule has 4 aromatic rings. The van der Waals surface area contributed by atoms with Crippen LogP contribution in [-0.2, 0) is 4.57 Å². The van der Waals surface area contributed by atoms with E-state index in [0.717, 1.165) is 0 Å². The maximum atomic E-state index is 11.4. The molecular weight excluding hydrogens is 644 g/mol. The van der Waals surface area contributed by atoms with Crippen LogP contribution in [0.25, 0.3) is 21.8 Å². The number of fused-ring (bicyclic) bond motifs is 2. The Kier molecular flexibility index (Phi) is 10.2. The zero-order valence-corrected chi connectivity index (χ0v) is 22.8. The van der Waals surface area contributed by atoms with Gasteiger partial charge in [-0.3, -0.25) is 34.4 Å². The molecule has 0 spiro atoms. The predicted octanol–water partition coefficient (Wildman–Crippen LogP) is 7.35. The Balaban J connectivity index is 0.000000221. The van der Waals surface area contributed by atoms with Crippen molar-refractivity contribution in [3.63, 3.8) is 0 Å². The molecule has 0 unspecified atom stereocenters. The summed E-state index contributed by atoms with van der Waals surface area (Å²) in [5.74, 6) is -0.675. The molecule has 12 nitrogen and oxygen atoms in total. The molecular formula is C18H9Cl6N4O8P. The molecule has 2 aromatic carbocycles. The van der Waals surface area contributed by atoms with Gasteiger partial charge in [-0.25, -0.2) is 0 Å². The highest BCUT2D eigenvalue weighted by Gasteiger charge is 2.22. The smallest absolute Gasteiger partial charge is 0.375 e. The topological polar surface area (TPSA) is 189 Å². The number of aromatic amines is 2. The number of hydrogen-bond donors (Lipinski definition) is 3. The van der Waals surface area contributed by atoms with Crippen molar-refractivity contribution in [1.29, 1.82) is 0 Å². The molecule has 4 rings (SSSR count). The number of H-pyrrole nitrogens is 2. The lowest BCUT2D eigenvalue weighted by Gasteiger charge is -2.01. The maximum Gasteiger partial charge on any atom is 0.375 e. The fourth-order valence-corrected chi connectivity index (χ4v) is 3.44. The Morgan fingerprint density at radius 3 is 1.57 bits per heavy atom. The van der Waals surface area contributed by atoms with Crippen LogP contribution in [0.3, 0.4) is 0 Å². The van der Waals surface area contributed by atoms with Crippen LogP contribution in [0.1, 0.15) is 0 Å². The Morgan fingerprint density at radius 2 is 1.14 bits per heavy atom. The summed E-state index contributed by atoms with van der Waals surface area (Å²) in [5.41, 5.74) is -2.63. The van der Waals surface area contributed by atoms with Gasteiger partial charge in [0.05, 0.1) is 20.9 Å². The average molecular weight is 653 g/mol. The van der Waals surface area contributed by atoms with Crippen LogP contribution in [-0.4, -0.2) is 24.9 Å². The minimum atomic E-state index is -3.22. The van der Waals surface area contributed by atoms with Gasteiger partial charge in [0.25, 0.3) is 0 Å². The van der Waals surface area contributed by atoms with Crippen LogP contribution in [0.2, 0.25) is 15.1 Å². The molecule has 196 valence electrons. The number of aromatic hydroxyl groups is 1. The molecule has 3 N–H and O–H groups in total. The fraction of sp³-hybridized carbons (Fsp3) is 0. The molecule has 2 heterocycles. The molecule has 0 aliphatic heterocycles. The van der Waals surface area contributed by atoms with E-state index in [2.05, 4.69) is 43.7 Å². The van der Waals surface area contributed by atoms with Gasteiger partial charge in [-0.15, -0.1) is 0 Å². The van der Waals surface area contributed by atoms with Gasteiger partial charge < -0.3 is 15.1 Å². The van der Waals surface area contributed by atoms with Gasteiger partial charge in [-0.2, -0.15) is 0 Å². The number of nitrogens with zero attached hydrogens (tertiary/aromatic N) is 2. The van der Waals surface area contributed by atoms with E-state index in [1.165, 1.54) is 30.3 Å². The normalized spacial score (nSPS) is 10.8. The van der Waals surface area contributed by atoms with Crippen LogP contribution >= 0.6 is 73.7 Å². The number of halogens is 6. The van der Waals surface area contributed by atoms with Gasteiger partial charge in [0.15, 0.2) is 0 Å². The van der Waals surface area contributed by atoms with E-state index < -0.39 is 43.3 Å². The molecule has 0 aliphatic carbocycles. The molecule has 2 aromatic heterocycles. The van der Waals surface area contributed by atoms with Gasteiger partial charge >= 0.3 is 27.7 Å². The SMILES string of the molecule is O=P(Cl)(Cl)Cl.O=c1[nH]c2ccc(Cl)cc2c(Cl)c1[N+](=O)[O-].O=c1[nH]c2ccc(Cl)cc2c(O)c1[N+](=O)[O-]. The lowest BCUT2D eigenvalue weighted by atomic mass is 10.2. The van der Waals surface area contributed by atoms with Crippen molar-refractivity contribution in [1.82, 2.24) is 9.97 Å². The Morgan fingerprint density at radius 1 is 0.757 bits per heavy atom. The zero-order chi connectivity index (χ0) is 28.2. The van der Waals surface area contributed by atoms with Gasteiger partial charge in [-0.05, 0) is 70.1 Å². The quantitative estimate of drug-likeness (QED) is 0.114. The van der Waals surface area contributed by atoms with Crippen LogP contribution in [0.15, 0.2) is 46.0 Å². The van der Waals surface area contributed by atoms with Gasteiger partial charge in [0, 0.05) is 20.8 Å². The van der Waals surface area contributed by atoms with Crippen molar-refractivity contribution in [3.8, 4) is 5.75 Å². The van der Waals surface area contributed by atoms with E-state index in [1.807, 2.05) is 0 Å². The number of rotatable bonds is 2. The van der Waals surface area contributed by atoms with Gasteiger partial charge in [0.1, 0.15) is 5.02 Å². The lowest BCUT2D eigenvalue weighted by Crippen LogP contribution is -2.12. The summed E-state index contributed by atoms with van der Waals surface area (Å²) in [6.07, 6.45) is 0.